The van der Waals surface area contributed by atoms with E-state index in [0.717, 1.165) is 12.1 Å². The average molecular weight is 406 g/mol. The zero-order valence-corrected chi connectivity index (χ0v) is 13.4. The topological polar surface area (TPSA) is 92.8 Å². The molecule has 0 saturated carbocycles. The zero-order valence-electron chi connectivity index (χ0n) is 11.8. The van der Waals surface area contributed by atoms with E-state index in [2.05, 4.69) is 20.7 Å². The monoisotopic (exact) mass is 405 g/mol. The third kappa shape index (κ3) is 3.98. The van der Waals surface area contributed by atoms with E-state index in [1.807, 2.05) is 0 Å². The van der Waals surface area contributed by atoms with Gasteiger partial charge in [-0.1, -0.05) is 12.1 Å². The number of nitrogens with two attached hydrogens (primary N) is 1. The standard InChI is InChI=1S/C15H11BrF3NO4/c16-10-6-5-9(14(22)23)11(13(10)21)12(20)7-1-3-8(4-2-7)24-15(17,18)19/h1-6,12,21H,20H2,(H,22,23)/t12-/m1/s1. The van der Waals surface area contributed by atoms with Crippen LogP contribution >= 0.6 is 15.9 Å². The van der Waals surface area contributed by atoms with Crippen LogP contribution in [0.1, 0.15) is 27.5 Å². The summed E-state index contributed by atoms with van der Waals surface area (Å²) in [5.41, 5.74) is 6.04. The van der Waals surface area contributed by atoms with E-state index in [1.54, 1.807) is 0 Å². The van der Waals surface area contributed by atoms with Crippen molar-refractivity contribution in [3.05, 3.63) is 57.6 Å². The number of carboxylic acids is 1. The van der Waals surface area contributed by atoms with Gasteiger partial charge in [-0.2, -0.15) is 0 Å². The number of phenols is 1. The van der Waals surface area contributed by atoms with Gasteiger partial charge in [0.05, 0.1) is 16.1 Å². The van der Waals surface area contributed by atoms with Gasteiger partial charge in [0.2, 0.25) is 0 Å². The molecule has 0 unspecified atom stereocenters. The lowest BCUT2D eigenvalue weighted by Gasteiger charge is -2.18. The van der Waals surface area contributed by atoms with E-state index < -0.39 is 24.1 Å². The first kappa shape index (κ1) is 18.1. The Kier molecular flexibility index (Phi) is 5.05. The van der Waals surface area contributed by atoms with Crippen molar-refractivity contribution < 1.29 is 32.9 Å². The second kappa shape index (κ2) is 6.70. The van der Waals surface area contributed by atoms with Gasteiger partial charge in [0.25, 0.3) is 0 Å². The van der Waals surface area contributed by atoms with Gasteiger partial charge in [0.15, 0.2) is 0 Å². The van der Waals surface area contributed by atoms with Crippen LogP contribution in [0.4, 0.5) is 13.2 Å². The first-order valence-electron chi connectivity index (χ1n) is 6.46. The molecule has 0 aliphatic heterocycles. The molecule has 0 radical (unpaired) electrons. The van der Waals surface area contributed by atoms with Gasteiger partial charge in [-0.05, 0) is 45.8 Å². The van der Waals surface area contributed by atoms with Gasteiger partial charge >= 0.3 is 12.3 Å². The molecule has 2 aromatic rings. The molecule has 2 aromatic carbocycles. The van der Waals surface area contributed by atoms with E-state index in [9.17, 15) is 28.2 Å². The molecule has 0 spiro atoms. The fourth-order valence-corrected chi connectivity index (χ4v) is 2.47. The van der Waals surface area contributed by atoms with Crippen LogP contribution in [0.2, 0.25) is 0 Å². The molecular formula is C15H11BrF3NO4. The summed E-state index contributed by atoms with van der Waals surface area (Å²) < 4.78 is 40.5. The maximum absolute atomic E-state index is 12.2. The van der Waals surface area contributed by atoms with Crippen LogP contribution in [0.15, 0.2) is 40.9 Å². The maximum atomic E-state index is 12.2. The Morgan fingerprint density at radius 2 is 1.75 bits per heavy atom. The molecule has 2 rings (SSSR count). The molecule has 9 heteroatoms. The Balaban J connectivity index is 2.40. The number of aromatic hydroxyl groups is 1. The highest BCUT2D eigenvalue weighted by molar-refractivity contribution is 9.10. The van der Waals surface area contributed by atoms with Crippen molar-refractivity contribution in [3.63, 3.8) is 0 Å². The fraction of sp³-hybridized carbons (Fsp3) is 0.133. The Morgan fingerprint density at radius 1 is 1.17 bits per heavy atom. The Morgan fingerprint density at radius 3 is 2.25 bits per heavy atom. The number of aromatic carboxylic acids is 1. The number of halogens is 4. The Bertz CT molecular complexity index is 763. The number of hydrogen-bond acceptors (Lipinski definition) is 4. The summed E-state index contributed by atoms with van der Waals surface area (Å²) in [7, 11) is 0. The van der Waals surface area contributed by atoms with E-state index in [0.29, 0.717) is 5.56 Å². The number of phenolic OH excluding ortho intramolecular Hbond substituents is 1. The maximum Gasteiger partial charge on any atom is 0.573 e. The number of rotatable bonds is 4. The van der Waals surface area contributed by atoms with E-state index in [4.69, 9.17) is 5.73 Å². The molecule has 0 aromatic heterocycles. The number of alkyl halides is 3. The first-order chi connectivity index (χ1) is 11.1. The lowest BCUT2D eigenvalue weighted by molar-refractivity contribution is -0.274. The van der Waals surface area contributed by atoms with E-state index >= 15 is 0 Å². The third-order valence-electron chi connectivity index (χ3n) is 3.18. The summed E-state index contributed by atoms with van der Waals surface area (Å²) in [5.74, 6) is -2.08. The Hall–Kier alpha value is -2.26. The first-order valence-corrected chi connectivity index (χ1v) is 7.25. The lowest BCUT2D eigenvalue weighted by atomic mass is 9.94. The third-order valence-corrected chi connectivity index (χ3v) is 3.82. The molecule has 0 aliphatic carbocycles. The molecule has 0 saturated heterocycles. The highest BCUT2D eigenvalue weighted by atomic mass is 79.9. The van der Waals surface area contributed by atoms with Crippen LogP contribution < -0.4 is 10.5 Å². The van der Waals surface area contributed by atoms with Gasteiger partial charge in [-0.25, -0.2) is 4.79 Å². The van der Waals surface area contributed by atoms with Crippen molar-refractivity contribution in [2.75, 3.05) is 0 Å². The molecular weight excluding hydrogens is 395 g/mol. The van der Waals surface area contributed by atoms with Gasteiger partial charge in [-0.3, -0.25) is 0 Å². The molecule has 0 bridgehead atoms. The van der Waals surface area contributed by atoms with Gasteiger partial charge in [0, 0.05) is 5.56 Å². The normalized spacial score (nSPS) is 12.7. The minimum atomic E-state index is -4.82. The number of hydrogen-bond donors (Lipinski definition) is 3. The summed E-state index contributed by atoms with van der Waals surface area (Å²) >= 11 is 3.07. The van der Waals surface area contributed by atoms with Crippen LogP contribution in [0.25, 0.3) is 0 Å². The summed E-state index contributed by atoms with van der Waals surface area (Å²) in [6.45, 7) is 0. The van der Waals surface area contributed by atoms with E-state index in [1.165, 1.54) is 24.3 Å². The van der Waals surface area contributed by atoms with Crippen molar-refractivity contribution in [1.29, 1.82) is 0 Å². The average Bonchev–Trinajstić information content (AvgIpc) is 2.48. The number of benzene rings is 2. The minimum absolute atomic E-state index is 0.0543. The highest BCUT2D eigenvalue weighted by Gasteiger charge is 2.31. The second-order valence-electron chi connectivity index (χ2n) is 4.76. The predicted molar refractivity (Wildman–Crippen MR) is 81.9 cm³/mol. The zero-order chi connectivity index (χ0) is 18.1. The predicted octanol–water partition coefficient (Wildman–Crippen LogP) is 3.80. The van der Waals surface area contributed by atoms with Crippen LogP contribution in [0, 0.1) is 0 Å². The van der Waals surface area contributed by atoms with Crippen molar-refractivity contribution in [2.45, 2.75) is 12.4 Å². The highest BCUT2D eigenvalue weighted by Crippen LogP contribution is 2.37. The van der Waals surface area contributed by atoms with Crippen LogP contribution in [-0.2, 0) is 0 Å². The van der Waals surface area contributed by atoms with Crippen LogP contribution in [0.3, 0.4) is 0 Å². The largest absolute Gasteiger partial charge is 0.573 e. The minimum Gasteiger partial charge on any atom is -0.506 e. The molecule has 0 fully saturated rings. The second-order valence-corrected chi connectivity index (χ2v) is 5.61. The van der Waals surface area contributed by atoms with Gasteiger partial charge < -0.3 is 20.7 Å². The van der Waals surface area contributed by atoms with Crippen molar-refractivity contribution >= 4 is 21.9 Å². The van der Waals surface area contributed by atoms with Crippen LogP contribution in [-0.4, -0.2) is 22.5 Å². The molecule has 0 heterocycles. The smallest absolute Gasteiger partial charge is 0.506 e. The summed E-state index contributed by atoms with van der Waals surface area (Å²) in [5, 5.41) is 19.3. The van der Waals surface area contributed by atoms with Gasteiger partial charge in [-0.15, -0.1) is 13.2 Å². The quantitative estimate of drug-likeness (QED) is 0.719. The number of carbonyl (C=O) groups is 1. The molecule has 24 heavy (non-hydrogen) atoms. The lowest BCUT2D eigenvalue weighted by Crippen LogP contribution is -2.18. The molecule has 128 valence electrons. The van der Waals surface area contributed by atoms with Crippen LogP contribution in [0.5, 0.6) is 11.5 Å². The summed E-state index contributed by atoms with van der Waals surface area (Å²) in [6, 6.07) is 6.19. The van der Waals surface area contributed by atoms with Crippen molar-refractivity contribution in [3.8, 4) is 11.5 Å². The SMILES string of the molecule is N[C@H](c1ccc(OC(F)(F)F)cc1)c1c(C(=O)O)ccc(Br)c1O. The van der Waals surface area contributed by atoms with Crippen molar-refractivity contribution in [2.24, 2.45) is 5.73 Å². The van der Waals surface area contributed by atoms with Gasteiger partial charge in [0.1, 0.15) is 11.5 Å². The number of carboxylic acid groups (broad SMARTS) is 1. The molecule has 5 nitrogen and oxygen atoms in total. The fourth-order valence-electron chi connectivity index (χ4n) is 2.13. The Labute approximate surface area is 142 Å². The van der Waals surface area contributed by atoms with Crippen molar-refractivity contribution in [1.82, 2.24) is 0 Å². The molecule has 1 atom stereocenters. The molecule has 0 amide bonds. The summed E-state index contributed by atoms with van der Waals surface area (Å²) in [6.07, 6.45) is -4.82. The molecule has 0 aliphatic rings. The number of ether oxygens (including phenoxy) is 1. The van der Waals surface area contributed by atoms with E-state index in [-0.39, 0.29) is 21.3 Å². The summed E-state index contributed by atoms with van der Waals surface area (Å²) in [4.78, 5) is 11.3. The molecule has 4 N–H and O–H groups in total.